The van der Waals surface area contributed by atoms with Gasteiger partial charge in [0.05, 0.1) is 11.4 Å². The van der Waals surface area contributed by atoms with Crippen LogP contribution < -0.4 is 5.32 Å². The third kappa shape index (κ3) is 6.15. The quantitative estimate of drug-likeness (QED) is 0.493. The second-order valence-corrected chi connectivity index (χ2v) is 6.69. The summed E-state index contributed by atoms with van der Waals surface area (Å²) >= 11 is 0. The maximum Gasteiger partial charge on any atom is 0.273 e. The number of carbonyl (C=O) groups is 1. The minimum atomic E-state index is -0.347. The Hall–Kier alpha value is -3.68. The molecule has 0 aromatic heterocycles. The summed E-state index contributed by atoms with van der Waals surface area (Å²) in [7, 11) is 4.46. The Balaban J connectivity index is 2.21. The van der Waals surface area contributed by atoms with Crippen LogP contribution in [0.4, 0.5) is 0 Å². The van der Waals surface area contributed by atoms with Crippen LogP contribution in [0.3, 0.4) is 0 Å². The number of hydrogen-bond acceptors (Lipinski definition) is 7. The van der Waals surface area contributed by atoms with E-state index >= 15 is 0 Å². The average Bonchev–Trinajstić information content (AvgIpc) is 2.78. The zero-order valence-corrected chi connectivity index (χ0v) is 18.7. The molecular weight excluding hydrogens is 396 g/mol. The molecule has 2 aromatic carbocycles. The molecule has 0 aliphatic rings. The predicted molar refractivity (Wildman–Crippen MR) is 121 cm³/mol. The van der Waals surface area contributed by atoms with Gasteiger partial charge in [0.2, 0.25) is 0 Å². The van der Waals surface area contributed by atoms with Crippen LogP contribution in [0, 0.1) is 6.92 Å². The summed E-state index contributed by atoms with van der Waals surface area (Å²) in [5, 5.41) is 14.6. The van der Waals surface area contributed by atoms with Gasteiger partial charge in [-0.15, -0.1) is 0 Å². The van der Waals surface area contributed by atoms with Crippen molar-refractivity contribution in [1.29, 1.82) is 0 Å². The Morgan fingerprint density at radius 1 is 0.903 bits per heavy atom. The number of aryl methyl sites for hydroxylation is 1. The molecule has 0 unspecified atom stereocenters. The van der Waals surface area contributed by atoms with Gasteiger partial charge in [-0.1, -0.05) is 57.9 Å². The van der Waals surface area contributed by atoms with Crippen LogP contribution in [0.15, 0.2) is 57.9 Å². The van der Waals surface area contributed by atoms with Crippen molar-refractivity contribution in [3.05, 3.63) is 70.3 Å². The Morgan fingerprint density at radius 3 is 2.03 bits per heavy atom. The monoisotopic (exact) mass is 424 g/mol. The second-order valence-electron chi connectivity index (χ2n) is 6.69. The number of oxime groups is 3. The molecule has 0 saturated heterocycles. The predicted octanol–water partition coefficient (Wildman–Crippen LogP) is 3.40. The second kappa shape index (κ2) is 11.5. The molecule has 0 atom stereocenters. The van der Waals surface area contributed by atoms with Gasteiger partial charge >= 0.3 is 0 Å². The maximum absolute atomic E-state index is 12.2. The fourth-order valence-corrected chi connectivity index (χ4v) is 2.93. The first kappa shape index (κ1) is 23.6. The van der Waals surface area contributed by atoms with Crippen molar-refractivity contribution in [3.63, 3.8) is 0 Å². The van der Waals surface area contributed by atoms with Crippen LogP contribution in [0.1, 0.15) is 41.7 Å². The lowest BCUT2D eigenvalue weighted by Crippen LogP contribution is -2.29. The standard InChI is InChI=1S/C23H28N4O4/c1-15-8-7-9-20(22(27-30-6)23(28)24-4)21(15)14-31-26-17(3)19-12-10-18(11-13-19)16(2)25-29-5/h7-13H,14H2,1-6H3,(H,24,28)/b25-16+,26-17+,27-22+. The maximum atomic E-state index is 12.2. The number of likely N-dealkylation sites (N-methyl/N-ethyl adjacent to an activating group) is 1. The molecule has 8 heteroatoms. The zero-order valence-electron chi connectivity index (χ0n) is 18.7. The van der Waals surface area contributed by atoms with Crippen LogP contribution in [-0.4, -0.2) is 44.3 Å². The molecule has 2 rings (SSSR count). The smallest absolute Gasteiger partial charge is 0.273 e. The minimum absolute atomic E-state index is 0.177. The Kier molecular flexibility index (Phi) is 8.75. The van der Waals surface area contributed by atoms with Gasteiger partial charge in [-0.05, 0) is 37.5 Å². The summed E-state index contributed by atoms with van der Waals surface area (Å²) < 4.78 is 0. The van der Waals surface area contributed by atoms with E-state index in [0.29, 0.717) is 5.56 Å². The molecule has 0 aliphatic heterocycles. The minimum Gasteiger partial charge on any atom is -0.399 e. The van der Waals surface area contributed by atoms with Gasteiger partial charge in [0, 0.05) is 18.2 Å². The molecule has 0 fully saturated rings. The van der Waals surface area contributed by atoms with Crippen molar-refractivity contribution in [2.45, 2.75) is 27.4 Å². The zero-order chi connectivity index (χ0) is 22.8. The summed E-state index contributed by atoms with van der Waals surface area (Å²) in [6, 6.07) is 13.4. The van der Waals surface area contributed by atoms with Crippen molar-refractivity contribution in [3.8, 4) is 0 Å². The first-order valence-electron chi connectivity index (χ1n) is 9.70. The third-order valence-electron chi connectivity index (χ3n) is 4.65. The highest BCUT2D eigenvalue weighted by Gasteiger charge is 2.19. The van der Waals surface area contributed by atoms with Crippen LogP contribution in [0.5, 0.6) is 0 Å². The van der Waals surface area contributed by atoms with Gasteiger partial charge in [-0.3, -0.25) is 4.79 Å². The van der Waals surface area contributed by atoms with E-state index in [1.165, 1.54) is 14.2 Å². The molecule has 1 N–H and O–H groups in total. The van der Waals surface area contributed by atoms with Crippen LogP contribution in [0.25, 0.3) is 0 Å². The van der Waals surface area contributed by atoms with E-state index in [1.807, 2.05) is 57.2 Å². The fourth-order valence-electron chi connectivity index (χ4n) is 2.93. The molecule has 0 aliphatic carbocycles. The van der Waals surface area contributed by atoms with Crippen molar-refractivity contribution >= 4 is 23.0 Å². The summed E-state index contributed by atoms with van der Waals surface area (Å²) in [5.74, 6) is -0.347. The SMILES string of the molecule is CNC(=O)/C(=N/OC)c1cccc(C)c1CO/N=C(\C)c1ccc(/C(C)=N/OC)cc1. The molecule has 0 saturated carbocycles. The molecule has 1 amide bonds. The van der Waals surface area contributed by atoms with Crippen molar-refractivity contribution < 1.29 is 19.3 Å². The average molecular weight is 425 g/mol. The van der Waals surface area contributed by atoms with E-state index in [0.717, 1.165) is 33.7 Å². The van der Waals surface area contributed by atoms with Crippen LogP contribution in [0.2, 0.25) is 0 Å². The van der Waals surface area contributed by atoms with Crippen molar-refractivity contribution in [2.75, 3.05) is 21.3 Å². The number of nitrogens with one attached hydrogen (secondary N) is 1. The summed E-state index contributed by atoms with van der Waals surface area (Å²) in [6.45, 7) is 5.86. The number of amides is 1. The largest absolute Gasteiger partial charge is 0.399 e. The molecular formula is C23H28N4O4. The van der Waals surface area contributed by atoms with Crippen molar-refractivity contribution in [1.82, 2.24) is 5.32 Å². The molecule has 0 heterocycles. The van der Waals surface area contributed by atoms with E-state index in [9.17, 15) is 4.79 Å². The third-order valence-corrected chi connectivity index (χ3v) is 4.65. The molecule has 0 spiro atoms. The normalized spacial score (nSPS) is 12.4. The molecule has 164 valence electrons. The topological polar surface area (TPSA) is 93.9 Å². The molecule has 0 bridgehead atoms. The Morgan fingerprint density at radius 2 is 1.48 bits per heavy atom. The highest BCUT2D eigenvalue weighted by atomic mass is 16.6. The lowest BCUT2D eigenvalue weighted by molar-refractivity contribution is -0.114. The fraction of sp³-hybridized carbons (Fsp3) is 0.304. The van der Waals surface area contributed by atoms with Crippen molar-refractivity contribution in [2.24, 2.45) is 15.5 Å². The molecule has 31 heavy (non-hydrogen) atoms. The first-order valence-corrected chi connectivity index (χ1v) is 9.70. The van der Waals surface area contributed by atoms with Crippen LogP contribution in [-0.2, 0) is 25.9 Å². The molecule has 2 aromatic rings. The van der Waals surface area contributed by atoms with E-state index < -0.39 is 0 Å². The summed E-state index contributed by atoms with van der Waals surface area (Å²) in [5.41, 5.74) is 5.96. The number of benzene rings is 2. The van der Waals surface area contributed by atoms with Gasteiger partial charge in [0.1, 0.15) is 20.8 Å². The lowest BCUT2D eigenvalue weighted by atomic mass is 9.98. The van der Waals surface area contributed by atoms with E-state index in [1.54, 1.807) is 13.1 Å². The van der Waals surface area contributed by atoms with Crippen LogP contribution >= 0.6 is 0 Å². The van der Waals surface area contributed by atoms with Gasteiger partial charge in [0.15, 0.2) is 5.71 Å². The summed E-state index contributed by atoms with van der Waals surface area (Å²) in [6.07, 6.45) is 0. The van der Waals surface area contributed by atoms with E-state index in [4.69, 9.17) is 14.5 Å². The highest BCUT2D eigenvalue weighted by molar-refractivity contribution is 6.45. The van der Waals surface area contributed by atoms with E-state index in [2.05, 4.69) is 20.8 Å². The molecule has 0 radical (unpaired) electrons. The number of rotatable bonds is 9. The number of carbonyl (C=O) groups excluding carboxylic acids is 1. The Labute approximate surface area is 182 Å². The van der Waals surface area contributed by atoms with Gasteiger partial charge in [-0.25, -0.2) is 0 Å². The molecule has 8 nitrogen and oxygen atoms in total. The van der Waals surface area contributed by atoms with E-state index in [-0.39, 0.29) is 18.2 Å². The Bertz CT molecular complexity index is 995. The summed E-state index contributed by atoms with van der Waals surface area (Å²) in [4.78, 5) is 27.5. The van der Waals surface area contributed by atoms with Gasteiger partial charge in [0.25, 0.3) is 5.91 Å². The van der Waals surface area contributed by atoms with Gasteiger partial charge in [-0.2, -0.15) is 0 Å². The lowest BCUT2D eigenvalue weighted by Gasteiger charge is -2.13. The van der Waals surface area contributed by atoms with Gasteiger partial charge < -0.3 is 19.8 Å². The highest BCUT2D eigenvalue weighted by Crippen LogP contribution is 2.18. The first-order chi connectivity index (χ1) is 14.9. The number of hydrogen-bond donors (Lipinski definition) is 1. The number of nitrogens with zero attached hydrogens (tertiary/aromatic N) is 3.